The summed E-state index contributed by atoms with van der Waals surface area (Å²) in [5, 5.41) is 11.7. The fourth-order valence-corrected chi connectivity index (χ4v) is 3.28. The third-order valence-corrected chi connectivity index (χ3v) is 5.02. The number of carbonyl (C=O) groups is 1. The van der Waals surface area contributed by atoms with Crippen molar-refractivity contribution in [2.24, 2.45) is 0 Å². The molecule has 0 unspecified atom stereocenters. The van der Waals surface area contributed by atoms with E-state index in [0.717, 1.165) is 23.4 Å². The molecule has 1 aliphatic rings. The second-order valence-corrected chi connectivity index (χ2v) is 6.98. The maximum absolute atomic E-state index is 13.4. The smallest absolute Gasteiger partial charge is 0.162 e. The zero-order valence-electron chi connectivity index (χ0n) is 15.8. The monoisotopic (exact) mass is 418 g/mol. The minimum atomic E-state index is -0.822. The van der Waals surface area contributed by atoms with E-state index in [0.29, 0.717) is 18.5 Å². The Balaban J connectivity index is 0.00000240. The van der Waals surface area contributed by atoms with Gasteiger partial charge in [0.15, 0.2) is 17.4 Å². The Morgan fingerprint density at radius 2 is 1.93 bits per heavy atom. The maximum Gasteiger partial charge on any atom is 0.162 e. The predicted molar refractivity (Wildman–Crippen MR) is 108 cm³/mol. The van der Waals surface area contributed by atoms with Gasteiger partial charge in [-0.1, -0.05) is 18.2 Å². The number of Topliss-reactive ketones (excluding diaryl/α,β-unsaturated/α-hetero) is 1. The topological polar surface area (TPSA) is 59.8 Å². The lowest BCUT2D eigenvalue weighted by Crippen LogP contribution is -2.17. The van der Waals surface area contributed by atoms with Crippen LogP contribution in [0.25, 0.3) is 5.69 Å². The first-order valence-corrected chi connectivity index (χ1v) is 9.28. The molecule has 5 nitrogen and oxygen atoms in total. The first-order valence-electron chi connectivity index (χ1n) is 9.28. The number of nitrogens with one attached hydrogen (secondary N) is 1. The lowest BCUT2D eigenvalue weighted by atomic mass is 10.1. The molecule has 1 fully saturated rings. The second kappa shape index (κ2) is 8.80. The summed E-state index contributed by atoms with van der Waals surface area (Å²) in [5.74, 6) is -1.33. The van der Waals surface area contributed by atoms with Crippen LogP contribution in [-0.4, -0.2) is 26.8 Å². The largest absolute Gasteiger partial charge is 0.308 e. The number of aromatic nitrogens is 3. The summed E-state index contributed by atoms with van der Waals surface area (Å²) in [7, 11) is 0. The van der Waals surface area contributed by atoms with Crippen molar-refractivity contribution in [3.63, 3.8) is 0 Å². The molecule has 1 aliphatic carbocycles. The molecule has 1 aromatic heterocycles. The summed E-state index contributed by atoms with van der Waals surface area (Å²) < 4.78 is 28.1. The van der Waals surface area contributed by atoms with Crippen molar-refractivity contribution < 1.29 is 13.6 Å². The molecule has 0 radical (unpaired) electrons. The number of benzene rings is 2. The number of hydrogen-bond donors (Lipinski definition) is 1. The summed E-state index contributed by atoms with van der Waals surface area (Å²) in [6.07, 6.45) is 3.19. The van der Waals surface area contributed by atoms with Gasteiger partial charge in [0.1, 0.15) is 0 Å². The maximum atomic E-state index is 13.4. The molecule has 2 aromatic carbocycles. The van der Waals surface area contributed by atoms with Crippen LogP contribution in [0.4, 0.5) is 8.78 Å². The molecule has 0 amide bonds. The Kier molecular flexibility index (Phi) is 6.39. The van der Waals surface area contributed by atoms with Gasteiger partial charge >= 0.3 is 0 Å². The van der Waals surface area contributed by atoms with Crippen LogP contribution in [0.5, 0.6) is 0 Å². The Bertz CT molecular complexity index is 1010. The summed E-state index contributed by atoms with van der Waals surface area (Å²) in [6, 6.07) is 11.6. The van der Waals surface area contributed by atoms with E-state index < -0.39 is 11.6 Å². The Morgan fingerprint density at radius 1 is 1.17 bits per heavy atom. The third-order valence-electron chi connectivity index (χ3n) is 5.02. The third kappa shape index (κ3) is 4.68. The summed E-state index contributed by atoms with van der Waals surface area (Å²) in [5.41, 5.74) is 3.11. The van der Waals surface area contributed by atoms with Gasteiger partial charge in [0, 0.05) is 30.5 Å². The van der Waals surface area contributed by atoms with Gasteiger partial charge in [-0.3, -0.25) is 4.79 Å². The Hall–Kier alpha value is -2.64. The van der Waals surface area contributed by atoms with Gasteiger partial charge in [0.05, 0.1) is 17.6 Å². The van der Waals surface area contributed by atoms with Crippen LogP contribution in [0, 0.1) is 11.6 Å². The molecule has 3 aromatic rings. The van der Waals surface area contributed by atoms with Gasteiger partial charge < -0.3 is 5.32 Å². The van der Waals surface area contributed by atoms with Crippen LogP contribution in [0.2, 0.25) is 0 Å². The van der Waals surface area contributed by atoms with Crippen LogP contribution in [0.3, 0.4) is 0 Å². The minimum absolute atomic E-state index is 0. The molecule has 4 rings (SSSR count). The fraction of sp³-hybridized carbons (Fsp3) is 0.286. The molecular weight excluding hydrogens is 398 g/mol. The molecule has 0 spiro atoms. The molecule has 8 heteroatoms. The van der Waals surface area contributed by atoms with Crippen LogP contribution in [0.1, 0.15) is 47.3 Å². The predicted octanol–water partition coefficient (Wildman–Crippen LogP) is 4.21. The van der Waals surface area contributed by atoms with Gasteiger partial charge in [0.2, 0.25) is 0 Å². The molecule has 1 saturated carbocycles. The van der Waals surface area contributed by atoms with Gasteiger partial charge in [-0.2, -0.15) is 0 Å². The highest BCUT2D eigenvalue weighted by molar-refractivity contribution is 5.95. The summed E-state index contributed by atoms with van der Waals surface area (Å²) in [4.78, 5) is 11.7. The standard InChI is InChI=1S/C21H20F2N4O.ClH/c1-2-21(28)13-3-6-16(7-4-13)27-12-15(25-26-27)11-24-20-10-17(20)14-5-8-18(22)19(23)9-14;/h3-9,12,17,20,24H,2,10-11H2,1H3;1H/t17-,20+;/m0./s1. The van der Waals surface area contributed by atoms with Crippen LogP contribution in [0.15, 0.2) is 48.7 Å². The lowest BCUT2D eigenvalue weighted by molar-refractivity contribution is 0.0988. The van der Waals surface area contributed by atoms with Gasteiger partial charge in [-0.15, -0.1) is 17.5 Å². The first-order chi connectivity index (χ1) is 13.5. The number of nitrogens with zero attached hydrogens (tertiary/aromatic N) is 3. The van der Waals surface area contributed by atoms with Crippen LogP contribution >= 0.6 is 12.4 Å². The van der Waals surface area contributed by atoms with Crippen molar-refractivity contribution in [3.05, 3.63) is 77.1 Å². The van der Waals surface area contributed by atoms with E-state index >= 15 is 0 Å². The van der Waals surface area contributed by atoms with Gasteiger partial charge in [0.25, 0.3) is 0 Å². The highest BCUT2D eigenvalue weighted by Gasteiger charge is 2.38. The normalized spacial score (nSPS) is 17.6. The minimum Gasteiger partial charge on any atom is -0.308 e. The van der Waals surface area contributed by atoms with E-state index in [9.17, 15) is 13.6 Å². The molecule has 0 bridgehead atoms. The number of rotatable bonds is 7. The van der Waals surface area contributed by atoms with Crippen molar-refractivity contribution in [1.82, 2.24) is 20.3 Å². The molecule has 1 N–H and O–H groups in total. The van der Waals surface area contributed by atoms with Gasteiger partial charge in [-0.05, 0) is 48.4 Å². The SMILES string of the molecule is CCC(=O)c1ccc(-n2cc(CN[C@@H]3C[C@H]3c3ccc(F)c(F)c3)nn2)cc1.Cl. The molecular formula is C21H21ClF2N4O. The highest BCUT2D eigenvalue weighted by Crippen LogP contribution is 2.41. The van der Waals surface area contributed by atoms with Crippen molar-refractivity contribution in [2.75, 3.05) is 0 Å². The molecule has 29 heavy (non-hydrogen) atoms. The number of ketones is 1. The van der Waals surface area contributed by atoms with E-state index in [1.54, 1.807) is 22.9 Å². The average molecular weight is 419 g/mol. The van der Waals surface area contributed by atoms with Gasteiger partial charge in [-0.25, -0.2) is 13.5 Å². The van der Waals surface area contributed by atoms with Crippen molar-refractivity contribution >= 4 is 18.2 Å². The Labute approximate surface area is 173 Å². The number of halogens is 3. The molecule has 152 valence electrons. The summed E-state index contributed by atoms with van der Waals surface area (Å²) in [6.45, 7) is 2.38. The van der Waals surface area contributed by atoms with Crippen molar-refractivity contribution in [3.8, 4) is 5.69 Å². The van der Waals surface area contributed by atoms with E-state index in [1.165, 1.54) is 12.1 Å². The first kappa shape index (κ1) is 21.1. The molecule has 0 saturated heterocycles. The van der Waals surface area contributed by atoms with Crippen molar-refractivity contribution in [1.29, 1.82) is 0 Å². The number of carbonyl (C=O) groups excluding carboxylic acids is 1. The fourth-order valence-electron chi connectivity index (χ4n) is 3.28. The van der Waals surface area contributed by atoms with E-state index in [2.05, 4.69) is 15.6 Å². The molecule has 1 heterocycles. The quantitative estimate of drug-likeness (QED) is 0.584. The molecule has 0 aliphatic heterocycles. The second-order valence-electron chi connectivity index (χ2n) is 6.98. The van der Waals surface area contributed by atoms with E-state index in [4.69, 9.17) is 0 Å². The molecule has 2 atom stereocenters. The highest BCUT2D eigenvalue weighted by atomic mass is 35.5. The van der Waals surface area contributed by atoms with Crippen LogP contribution in [-0.2, 0) is 6.54 Å². The number of hydrogen-bond acceptors (Lipinski definition) is 4. The van der Waals surface area contributed by atoms with E-state index in [-0.39, 0.29) is 30.2 Å². The lowest BCUT2D eigenvalue weighted by Gasteiger charge is -2.03. The Morgan fingerprint density at radius 3 is 2.62 bits per heavy atom. The van der Waals surface area contributed by atoms with Crippen LogP contribution < -0.4 is 5.32 Å². The van der Waals surface area contributed by atoms with Crippen molar-refractivity contribution in [2.45, 2.75) is 38.3 Å². The van der Waals surface area contributed by atoms with E-state index in [1.807, 2.05) is 25.3 Å². The average Bonchev–Trinajstić information content (AvgIpc) is 3.34. The zero-order chi connectivity index (χ0) is 19.7. The summed E-state index contributed by atoms with van der Waals surface area (Å²) >= 11 is 0. The zero-order valence-corrected chi connectivity index (χ0v) is 16.6.